The number of fused-ring (bicyclic) bond motifs is 9. The van der Waals surface area contributed by atoms with Gasteiger partial charge in [-0.15, -0.1) is 11.3 Å². The molecule has 0 atom stereocenters. The second kappa shape index (κ2) is 12.4. The van der Waals surface area contributed by atoms with Gasteiger partial charge in [0.05, 0.1) is 11.4 Å². The molecule has 11 rings (SSSR count). The van der Waals surface area contributed by atoms with Crippen LogP contribution < -0.4 is 30.2 Å². The first-order valence-electron chi connectivity index (χ1n) is 20.3. The maximum Gasteiger partial charge on any atom is 0.268 e. The van der Waals surface area contributed by atoms with E-state index in [9.17, 15) is 0 Å². The summed E-state index contributed by atoms with van der Waals surface area (Å²) in [5.41, 5.74) is 14.9. The van der Waals surface area contributed by atoms with E-state index in [4.69, 9.17) is 4.74 Å². The molecule has 0 saturated heterocycles. The number of anilines is 6. The fraction of sp³-hybridized carbons (Fsp3) is 0.192. The van der Waals surface area contributed by atoms with E-state index in [1.807, 2.05) is 11.3 Å². The number of para-hydroxylation sites is 1. The lowest BCUT2D eigenvalue weighted by molar-refractivity contribution is 0.475. The van der Waals surface area contributed by atoms with Gasteiger partial charge in [-0.25, -0.2) is 0 Å². The predicted molar refractivity (Wildman–Crippen MR) is 245 cm³/mol. The number of nitrogens with zero attached hydrogens (tertiary/aromatic N) is 2. The molecule has 0 fully saturated rings. The molecule has 0 radical (unpaired) electrons. The Morgan fingerprint density at radius 1 is 0.649 bits per heavy atom. The summed E-state index contributed by atoms with van der Waals surface area (Å²) in [5, 5.41) is 3.80. The van der Waals surface area contributed by atoms with E-state index >= 15 is 0 Å². The molecule has 0 saturated carbocycles. The Kier molecular flexibility index (Phi) is 7.48. The van der Waals surface area contributed by atoms with Crippen LogP contribution >= 0.6 is 11.3 Å². The number of rotatable bonds is 4. The summed E-state index contributed by atoms with van der Waals surface area (Å²) in [6.07, 6.45) is 2.17. The van der Waals surface area contributed by atoms with Crippen molar-refractivity contribution in [3.63, 3.8) is 0 Å². The molecule has 278 valence electrons. The summed E-state index contributed by atoms with van der Waals surface area (Å²) in [5.74, 6) is 2.01. The minimum Gasteiger partial charge on any atom is -0.458 e. The van der Waals surface area contributed by atoms with E-state index in [1.165, 1.54) is 70.2 Å². The van der Waals surface area contributed by atoms with Crippen LogP contribution in [0, 0.1) is 0 Å². The molecule has 0 N–H and O–H groups in total. The second-order valence-electron chi connectivity index (χ2n) is 18.1. The molecule has 3 aliphatic rings. The van der Waals surface area contributed by atoms with Crippen molar-refractivity contribution in [2.45, 2.75) is 65.2 Å². The van der Waals surface area contributed by atoms with Crippen molar-refractivity contribution in [2.75, 3.05) is 9.80 Å². The first-order chi connectivity index (χ1) is 27.5. The third kappa shape index (κ3) is 5.32. The van der Waals surface area contributed by atoms with Crippen LogP contribution in [0.5, 0.6) is 11.5 Å². The van der Waals surface area contributed by atoms with Gasteiger partial charge in [0.15, 0.2) is 0 Å². The van der Waals surface area contributed by atoms with Crippen LogP contribution in [0.15, 0.2) is 140 Å². The Morgan fingerprint density at radius 3 is 2.16 bits per heavy atom. The Hall–Kier alpha value is -5.78. The molecular weight excluding hydrogens is 711 g/mol. The largest absolute Gasteiger partial charge is 0.458 e. The summed E-state index contributed by atoms with van der Waals surface area (Å²) in [7, 11) is 0. The summed E-state index contributed by atoms with van der Waals surface area (Å²) < 4.78 is 10.0. The third-order valence-electron chi connectivity index (χ3n) is 12.5. The number of benzene rings is 7. The lowest BCUT2D eigenvalue weighted by atomic mass is 9.36. The number of thiophene rings is 1. The zero-order chi connectivity index (χ0) is 38.8. The molecule has 2 aliphatic heterocycles. The van der Waals surface area contributed by atoms with Crippen molar-refractivity contribution in [2.24, 2.45) is 0 Å². The molecule has 1 aromatic heterocycles. The standard InChI is InChI=1S/C52H45BN2OS/c1-51(2,3)35-22-25-37(26-23-35)55-43-30-39(54(36-15-8-7-9-16-36)38-24-19-32-13-10-11-14-34(32)29-38)31-44-47(43)53(42-28-21-33-20-27-40(33)49(42)56-44)50-48(55)46-41(52(4,5)6)17-12-18-45(46)57-50/h7-19,21-26,28-31H,20,27H2,1-6H3. The average Bonchev–Trinajstić information content (AvgIpc) is 3.57. The molecule has 1 aliphatic carbocycles. The average molecular weight is 757 g/mol. The molecule has 7 aromatic carbocycles. The highest BCUT2D eigenvalue weighted by atomic mass is 32.1. The third-order valence-corrected chi connectivity index (χ3v) is 13.7. The van der Waals surface area contributed by atoms with Crippen LogP contribution in [-0.2, 0) is 23.7 Å². The van der Waals surface area contributed by atoms with Gasteiger partial charge in [-0.3, -0.25) is 0 Å². The van der Waals surface area contributed by atoms with Gasteiger partial charge in [0.1, 0.15) is 11.5 Å². The molecule has 0 bridgehead atoms. The SMILES string of the molecule is CC(C)(C)c1ccc(N2c3cc(N(c4ccccc4)c4ccc5ccccc5c4)cc4c3B(c3ccc5c(c3O4)CC5)c3sc4cccc(C(C)(C)C)c4c32)cc1. The van der Waals surface area contributed by atoms with Crippen LogP contribution in [0.1, 0.15) is 63.8 Å². The summed E-state index contributed by atoms with van der Waals surface area (Å²) in [6, 6.07) is 52.0. The summed E-state index contributed by atoms with van der Waals surface area (Å²) in [6.45, 7) is 14.0. The lowest BCUT2D eigenvalue weighted by Crippen LogP contribution is -2.59. The molecule has 3 nitrogen and oxygen atoms in total. The van der Waals surface area contributed by atoms with Crippen LogP contribution in [0.3, 0.4) is 0 Å². The van der Waals surface area contributed by atoms with E-state index in [1.54, 1.807) is 0 Å². The summed E-state index contributed by atoms with van der Waals surface area (Å²) >= 11 is 1.96. The van der Waals surface area contributed by atoms with Crippen molar-refractivity contribution in [3.05, 3.63) is 162 Å². The van der Waals surface area contributed by atoms with E-state index < -0.39 is 0 Å². The van der Waals surface area contributed by atoms with Gasteiger partial charge in [0.2, 0.25) is 0 Å². The zero-order valence-corrected chi connectivity index (χ0v) is 34.3. The molecule has 0 spiro atoms. The number of ether oxygens (including phenoxy) is 1. The van der Waals surface area contributed by atoms with Crippen molar-refractivity contribution < 1.29 is 4.74 Å². The van der Waals surface area contributed by atoms with E-state index in [0.717, 1.165) is 47.1 Å². The van der Waals surface area contributed by atoms with E-state index in [2.05, 4.69) is 191 Å². The van der Waals surface area contributed by atoms with Gasteiger partial charge in [0.25, 0.3) is 6.71 Å². The van der Waals surface area contributed by atoms with Gasteiger partial charge < -0.3 is 14.5 Å². The maximum absolute atomic E-state index is 7.29. The van der Waals surface area contributed by atoms with Crippen molar-refractivity contribution in [3.8, 4) is 11.5 Å². The van der Waals surface area contributed by atoms with E-state index in [0.29, 0.717) is 0 Å². The number of aryl methyl sites for hydroxylation is 1. The zero-order valence-electron chi connectivity index (χ0n) is 33.5. The van der Waals surface area contributed by atoms with Crippen molar-refractivity contribution >= 4 is 88.7 Å². The normalized spacial score (nSPS) is 14.1. The first-order valence-corrected chi connectivity index (χ1v) is 21.2. The smallest absolute Gasteiger partial charge is 0.268 e. The van der Waals surface area contributed by atoms with Gasteiger partial charge >= 0.3 is 0 Å². The Morgan fingerprint density at radius 2 is 1.42 bits per heavy atom. The highest BCUT2D eigenvalue weighted by Gasteiger charge is 2.46. The number of hydrogen-bond acceptors (Lipinski definition) is 4. The van der Waals surface area contributed by atoms with E-state index in [-0.39, 0.29) is 17.5 Å². The lowest BCUT2D eigenvalue weighted by Gasteiger charge is -2.41. The van der Waals surface area contributed by atoms with Crippen molar-refractivity contribution in [1.29, 1.82) is 0 Å². The highest BCUT2D eigenvalue weighted by Crippen LogP contribution is 2.51. The highest BCUT2D eigenvalue weighted by molar-refractivity contribution is 7.33. The molecule has 5 heteroatoms. The molecule has 0 unspecified atom stereocenters. The van der Waals surface area contributed by atoms with Gasteiger partial charge in [0, 0.05) is 43.7 Å². The molecule has 8 aromatic rings. The van der Waals surface area contributed by atoms with Crippen LogP contribution in [0.2, 0.25) is 0 Å². The Bertz CT molecular complexity index is 2920. The van der Waals surface area contributed by atoms with Gasteiger partial charge in [-0.1, -0.05) is 126 Å². The van der Waals surface area contributed by atoms with Gasteiger partial charge in [-0.05, 0) is 116 Å². The fourth-order valence-electron chi connectivity index (χ4n) is 9.48. The minimum atomic E-state index is -0.0555. The fourth-order valence-corrected chi connectivity index (χ4v) is 10.8. The maximum atomic E-state index is 7.29. The predicted octanol–water partition coefficient (Wildman–Crippen LogP) is 12.6. The summed E-state index contributed by atoms with van der Waals surface area (Å²) in [4.78, 5) is 4.98. The number of hydrogen-bond donors (Lipinski definition) is 0. The Balaban J connectivity index is 1.24. The van der Waals surface area contributed by atoms with Crippen LogP contribution in [0.25, 0.3) is 20.9 Å². The molecule has 0 amide bonds. The van der Waals surface area contributed by atoms with Crippen molar-refractivity contribution in [1.82, 2.24) is 0 Å². The molecule has 3 heterocycles. The monoisotopic (exact) mass is 756 g/mol. The minimum absolute atomic E-state index is 0.0411. The quantitative estimate of drug-likeness (QED) is 0.166. The molecule has 57 heavy (non-hydrogen) atoms. The second-order valence-corrected chi connectivity index (χ2v) is 19.2. The Labute approximate surface area is 340 Å². The van der Waals surface area contributed by atoms with Crippen LogP contribution in [-0.4, -0.2) is 6.71 Å². The van der Waals surface area contributed by atoms with Gasteiger partial charge in [-0.2, -0.15) is 0 Å². The first kappa shape index (κ1) is 34.5. The molecular formula is C52H45BN2OS. The van der Waals surface area contributed by atoms with Crippen LogP contribution in [0.4, 0.5) is 34.1 Å². The topological polar surface area (TPSA) is 15.7 Å².